The van der Waals surface area contributed by atoms with Crippen LogP contribution in [0.2, 0.25) is 0 Å². The first kappa shape index (κ1) is 15.4. The van der Waals surface area contributed by atoms with E-state index in [0.717, 1.165) is 12.3 Å². The number of hydrogen-bond acceptors (Lipinski definition) is 2. The minimum atomic E-state index is -0.732. The number of carboxylic acid groups (broad SMARTS) is 1. The van der Waals surface area contributed by atoms with Crippen LogP contribution in [0.3, 0.4) is 0 Å². The van der Waals surface area contributed by atoms with Crippen LogP contribution in [-0.4, -0.2) is 17.6 Å². The lowest BCUT2D eigenvalue weighted by Gasteiger charge is -2.18. The smallest absolute Gasteiger partial charge is 0.303 e. The molecule has 3 N–H and O–H groups in total. The van der Waals surface area contributed by atoms with Crippen molar-refractivity contribution in [3.63, 3.8) is 0 Å². The van der Waals surface area contributed by atoms with Crippen molar-refractivity contribution in [2.75, 3.05) is 6.54 Å². The molecule has 0 aliphatic carbocycles. The van der Waals surface area contributed by atoms with Gasteiger partial charge in [-0.15, -0.1) is 0 Å². The Bertz CT molecular complexity index is 192. The molecule has 0 aliphatic rings. The minimum Gasteiger partial charge on any atom is -0.481 e. The second-order valence-corrected chi connectivity index (χ2v) is 5.37. The molecule has 0 heterocycles. The molecule has 0 saturated carbocycles. The van der Waals surface area contributed by atoms with E-state index in [9.17, 15) is 4.79 Å². The molecule has 0 unspecified atom stereocenters. The number of aliphatic carboxylic acids is 1. The molecule has 0 aromatic heterocycles. The fraction of sp³-hybridized carbons (Fsp3) is 0.923. The summed E-state index contributed by atoms with van der Waals surface area (Å²) in [5.41, 5.74) is 5.58. The van der Waals surface area contributed by atoms with Crippen LogP contribution in [-0.2, 0) is 4.79 Å². The third-order valence-corrected chi connectivity index (χ3v) is 3.01. The van der Waals surface area contributed by atoms with E-state index in [1.54, 1.807) is 0 Å². The molecule has 3 heteroatoms. The maximum absolute atomic E-state index is 10.6. The molecule has 0 radical (unpaired) electrons. The highest BCUT2D eigenvalue weighted by atomic mass is 16.4. The lowest BCUT2D eigenvalue weighted by Crippen LogP contribution is -2.20. The summed E-state index contributed by atoms with van der Waals surface area (Å²) in [6, 6.07) is 0. The van der Waals surface area contributed by atoms with E-state index < -0.39 is 5.97 Å². The van der Waals surface area contributed by atoms with Crippen molar-refractivity contribution in [1.82, 2.24) is 0 Å². The first-order chi connectivity index (χ1) is 7.45. The largest absolute Gasteiger partial charge is 0.481 e. The minimum absolute atomic E-state index is 0.145. The zero-order valence-corrected chi connectivity index (χ0v) is 10.9. The summed E-state index contributed by atoms with van der Waals surface area (Å²) in [5, 5.41) is 8.72. The van der Waals surface area contributed by atoms with Crippen molar-refractivity contribution in [2.24, 2.45) is 23.5 Å². The molecular formula is C13H27NO2. The molecule has 0 aromatic rings. The van der Waals surface area contributed by atoms with Crippen molar-refractivity contribution >= 4 is 5.97 Å². The topological polar surface area (TPSA) is 63.3 Å². The molecule has 2 atom stereocenters. The highest BCUT2D eigenvalue weighted by Gasteiger charge is 2.15. The van der Waals surface area contributed by atoms with Gasteiger partial charge < -0.3 is 10.8 Å². The predicted molar refractivity (Wildman–Crippen MR) is 67.3 cm³/mol. The summed E-state index contributed by atoms with van der Waals surface area (Å²) >= 11 is 0. The van der Waals surface area contributed by atoms with E-state index in [-0.39, 0.29) is 12.3 Å². The summed E-state index contributed by atoms with van der Waals surface area (Å²) in [6.07, 6.45) is 4.85. The molecule has 0 aromatic carbocycles. The summed E-state index contributed by atoms with van der Waals surface area (Å²) in [4.78, 5) is 10.6. The van der Waals surface area contributed by atoms with Gasteiger partial charge in [0, 0.05) is 6.42 Å². The van der Waals surface area contributed by atoms with Crippen molar-refractivity contribution in [3.05, 3.63) is 0 Å². The maximum atomic E-state index is 10.6. The molecule has 0 bridgehead atoms. The third kappa shape index (κ3) is 8.72. The number of carbonyl (C=O) groups is 1. The van der Waals surface area contributed by atoms with Gasteiger partial charge in [0.25, 0.3) is 0 Å². The van der Waals surface area contributed by atoms with Gasteiger partial charge in [0.15, 0.2) is 0 Å². The van der Waals surface area contributed by atoms with Gasteiger partial charge in [0.2, 0.25) is 0 Å². The fourth-order valence-electron chi connectivity index (χ4n) is 2.07. The van der Waals surface area contributed by atoms with Crippen LogP contribution < -0.4 is 5.73 Å². The molecule has 0 saturated heterocycles. The molecule has 0 fully saturated rings. The Morgan fingerprint density at radius 2 is 1.88 bits per heavy atom. The van der Waals surface area contributed by atoms with Gasteiger partial charge in [-0.2, -0.15) is 0 Å². The van der Waals surface area contributed by atoms with E-state index in [1.807, 2.05) is 0 Å². The Morgan fingerprint density at radius 1 is 1.25 bits per heavy atom. The monoisotopic (exact) mass is 229 g/mol. The normalized spacial score (nSPS) is 15.1. The van der Waals surface area contributed by atoms with Gasteiger partial charge in [-0.25, -0.2) is 0 Å². The van der Waals surface area contributed by atoms with Crippen LogP contribution in [0, 0.1) is 17.8 Å². The van der Waals surface area contributed by atoms with E-state index in [2.05, 4.69) is 20.8 Å². The highest BCUT2D eigenvalue weighted by Crippen LogP contribution is 2.20. The Balaban J connectivity index is 3.73. The molecule has 0 spiro atoms. The van der Waals surface area contributed by atoms with Crippen molar-refractivity contribution < 1.29 is 9.90 Å². The SMILES string of the molecule is CC(C)CCC[C@@H](C)C[C@H](CN)CC(=O)O. The highest BCUT2D eigenvalue weighted by molar-refractivity contribution is 5.67. The number of carboxylic acids is 1. The quantitative estimate of drug-likeness (QED) is 0.639. The van der Waals surface area contributed by atoms with Gasteiger partial charge in [-0.05, 0) is 30.7 Å². The van der Waals surface area contributed by atoms with Crippen molar-refractivity contribution in [1.29, 1.82) is 0 Å². The molecule has 0 amide bonds. The Hall–Kier alpha value is -0.570. The Kier molecular flexibility index (Phi) is 8.26. The van der Waals surface area contributed by atoms with Gasteiger partial charge in [-0.1, -0.05) is 40.0 Å². The number of nitrogens with two attached hydrogens (primary N) is 1. The lowest BCUT2D eigenvalue weighted by molar-refractivity contribution is -0.138. The molecule has 16 heavy (non-hydrogen) atoms. The summed E-state index contributed by atoms with van der Waals surface area (Å²) < 4.78 is 0. The molecular weight excluding hydrogens is 202 g/mol. The second kappa shape index (κ2) is 8.57. The van der Waals surface area contributed by atoms with Crippen LogP contribution in [0.15, 0.2) is 0 Å². The Morgan fingerprint density at radius 3 is 2.31 bits per heavy atom. The summed E-state index contributed by atoms with van der Waals surface area (Å²) in [5.74, 6) is 0.763. The van der Waals surface area contributed by atoms with Crippen LogP contribution in [0.4, 0.5) is 0 Å². The van der Waals surface area contributed by atoms with Crippen molar-refractivity contribution in [2.45, 2.75) is 52.9 Å². The van der Waals surface area contributed by atoms with Gasteiger partial charge in [0.05, 0.1) is 0 Å². The third-order valence-electron chi connectivity index (χ3n) is 3.01. The van der Waals surface area contributed by atoms with E-state index in [1.165, 1.54) is 19.3 Å². The predicted octanol–water partition coefficient (Wildman–Crippen LogP) is 2.89. The van der Waals surface area contributed by atoms with Crippen LogP contribution >= 0.6 is 0 Å². The first-order valence-corrected chi connectivity index (χ1v) is 6.37. The first-order valence-electron chi connectivity index (χ1n) is 6.37. The Labute approximate surface area is 99.4 Å². The molecule has 0 rings (SSSR count). The zero-order valence-electron chi connectivity index (χ0n) is 10.9. The zero-order chi connectivity index (χ0) is 12.6. The number of rotatable bonds is 9. The van der Waals surface area contributed by atoms with Crippen LogP contribution in [0.5, 0.6) is 0 Å². The van der Waals surface area contributed by atoms with Gasteiger partial charge in [0.1, 0.15) is 0 Å². The molecule has 0 aliphatic heterocycles. The van der Waals surface area contributed by atoms with E-state index in [0.29, 0.717) is 12.5 Å². The maximum Gasteiger partial charge on any atom is 0.303 e. The second-order valence-electron chi connectivity index (χ2n) is 5.37. The average molecular weight is 229 g/mol. The fourth-order valence-corrected chi connectivity index (χ4v) is 2.07. The molecule has 3 nitrogen and oxygen atoms in total. The number of hydrogen-bond donors (Lipinski definition) is 2. The van der Waals surface area contributed by atoms with Crippen LogP contribution in [0.25, 0.3) is 0 Å². The summed E-state index contributed by atoms with van der Waals surface area (Å²) in [7, 11) is 0. The van der Waals surface area contributed by atoms with Gasteiger partial charge in [-0.3, -0.25) is 4.79 Å². The van der Waals surface area contributed by atoms with E-state index >= 15 is 0 Å². The standard InChI is InChI=1S/C13H27NO2/c1-10(2)5-4-6-11(3)7-12(9-14)8-13(15)16/h10-12H,4-9,14H2,1-3H3,(H,15,16)/t11-,12+/m1/s1. The average Bonchev–Trinajstić information content (AvgIpc) is 2.15. The van der Waals surface area contributed by atoms with E-state index in [4.69, 9.17) is 10.8 Å². The van der Waals surface area contributed by atoms with Crippen molar-refractivity contribution in [3.8, 4) is 0 Å². The lowest BCUT2D eigenvalue weighted by atomic mass is 9.89. The van der Waals surface area contributed by atoms with Crippen LogP contribution in [0.1, 0.15) is 52.9 Å². The molecule has 96 valence electrons. The summed E-state index contributed by atoms with van der Waals surface area (Å²) in [6.45, 7) is 7.15. The van der Waals surface area contributed by atoms with Gasteiger partial charge >= 0.3 is 5.97 Å².